The van der Waals surface area contributed by atoms with Crippen LogP contribution in [0.2, 0.25) is 0 Å². The van der Waals surface area contributed by atoms with Crippen molar-refractivity contribution in [2.75, 3.05) is 13.6 Å². The van der Waals surface area contributed by atoms with Gasteiger partial charge in [0.2, 0.25) is 0 Å². The lowest BCUT2D eigenvalue weighted by Crippen LogP contribution is -2.31. The maximum atomic E-state index is 11.8. The zero-order valence-corrected chi connectivity index (χ0v) is 9.31. The lowest BCUT2D eigenvalue weighted by atomic mass is 10.2. The van der Waals surface area contributed by atoms with E-state index in [0.29, 0.717) is 6.54 Å². The minimum Gasteiger partial charge on any atom is -0.342 e. The van der Waals surface area contributed by atoms with Gasteiger partial charge in [-0.25, -0.2) is 0 Å². The summed E-state index contributed by atoms with van der Waals surface area (Å²) < 4.78 is 0. The van der Waals surface area contributed by atoms with Crippen molar-refractivity contribution in [1.29, 1.82) is 0 Å². The molecule has 1 aromatic rings. The zero-order valence-electron chi connectivity index (χ0n) is 9.31. The fourth-order valence-corrected chi connectivity index (χ4v) is 1.30. The van der Waals surface area contributed by atoms with Gasteiger partial charge in [-0.2, -0.15) is 0 Å². The monoisotopic (exact) mass is 206 g/mol. The van der Waals surface area contributed by atoms with Crippen LogP contribution >= 0.6 is 0 Å². The largest absolute Gasteiger partial charge is 0.342 e. The van der Waals surface area contributed by atoms with Crippen LogP contribution in [0.15, 0.2) is 30.3 Å². The van der Waals surface area contributed by atoms with E-state index in [9.17, 15) is 4.79 Å². The molecule has 0 radical (unpaired) electrons. The van der Waals surface area contributed by atoms with Crippen molar-refractivity contribution < 1.29 is 4.79 Å². The van der Waals surface area contributed by atoms with E-state index in [1.54, 1.807) is 11.9 Å². The third kappa shape index (κ3) is 3.72. The summed E-state index contributed by atoms with van der Waals surface area (Å²) in [5.74, 6) is 0.0521. The van der Waals surface area contributed by atoms with Gasteiger partial charge in [0.15, 0.2) is 0 Å². The maximum Gasteiger partial charge on any atom is 0.253 e. The average molecular weight is 206 g/mol. The minimum absolute atomic E-state index is 0.0521. The molecule has 0 saturated carbocycles. The molecule has 0 spiro atoms. The average Bonchev–Trinajstić information content (AvgIpc) is 2.26. The summed E-state index contributed by atoms with van der Waals surface area (Å²) >= 11 is 0. The number of hydrogen-bond acceptors (Lipinski definition) is 2. The summed E-state index contributed by atoms with van der Waals surface area (Å²) in [5.41, 5.74) is 6.37. The lowest BCUT2D eigenvalue weighted by Gasteiger charge is -2.18. The standard InChI is InChI=1S/C12H18N2O/c1-10(13)8-9-14(2)12(15)11-6-4-3-5-7-11/h3-7,10H,8-9,13H2,1-2H3. The SMILES string of the molecule is CC(N)CCN(C)C(=O)c1ccccc1. The first-order valence-corrected chi connectivity index (χ1v) is 5.17. The molecule has 1 atom stereocenters. The molecular formula is C12H18N2O. The summed E-state index contributed by atoms with van der Waals surface area (Å²) in [7, 11) is 1.80. The topological polar surface area (TPSA) is 46.3 Å². The Hall–Kier alpha value is -1.35. The number of nitrogens with two attached hydrogens (primary N) is 1. The van der Waals surface area contributed by atoms with E-state index >= 15 is 0 Å². The molecule has 0 bridgehead atoms. The molecule has 0 aliphatic rings. The van der Waals surface area contributed by atoms with Crippen LogP contribution < -0.4 is 5.73 Å². The van der Waals surface area contributed by atoms with Crippen molar-refractivity contribution in [1.82, 2.24) is 4.90 Å². The predicted octanol–water partition coefficient (Wildman–Crippen LogP) is 1.50. The number of amides is 1. The molecule has 15 heavy (non-hydrogen) atoms. The molecule has 0 aliphatic heterocycles. The van der Waals surface area contributed by atoms with Crippen molar-refractivity contribution in [3.05, 3.63) is 35.9 Å². The van der Waals surface area contributed by atoms with Gasteiger partial charge in [-0.1, -0.05) is 18.2 Å². The molecule has 1 aromatic carbocycles. The van der Waals surface area contributed by atoms with Crippen LogP contribution in [0.25, 0.3) is 0 Å². The molecule has 82 valence electrons. The summed E-state index contributed by atoms with van der Waals surface area (Å²) in [4.78, 5) is 13.5. The molecule has 0 aliphatic carbocycles. The van der Waals surface area contributed by atoms with E-state index < -0.39 is 0 Å². The van der Waals surface area contributed by atoms with Gasteiger partial charge in [0.1, 0.15) is 0 Å². The molecule has 2 N–H and O–H groups in total. The van der Waals surface area contributed by atoms with Crippen LogP contribution in [0.1, 0.15) is 23.7 Å². The molecule has 3 heteroatoms. The van der Waals surface area contributed by atoms with E-state index in [1.165, 1.54) is 0 Å². The first-order valence-electron chi connectivity index (χ1n) is 5.17. The first-order chi connectivity index (χ1) is 7.11. The molecule has 0 aromatic heterocycles. The minimum atomic E-state index is 0.0521. The van der Waals surface area contributed by atoms with Gasteiger partial charge in [0, 0.05) is 25.2 Å². The Morgan fingerprint density at radius 2 is 2.00 bits per heavy atom. The van der Waals surface area contributed by atoms with E-state index in [2.05, 4.69) is 0 Å². The highest BCUT2D eigenvalue weighted by Crippen LogP contribution is 2.03. The fourth-order valence-electron chi connectivity index (χ4n) is 1.30. The van der Waals surface area contributed by atoms with Crippen molar-refractivity contribution in [2.24, 2.45) is 5.73 Å². The third-order valence-electron chi connectivity index (χ3n) is 2.29. The van der Waals surface area contributed by atoms with Gasteiger partial charge in [0.05, 0.1) is 0 Å². The molecule has 1 rings (SSSR count). The van der Waals surface area contributed by atoms with Crippen LogP contribution in [-0.2, 0) is 0 Å². The van der Waals surface area contributed by atoms with Crippen LogP contribution in [-0.4, -0.2) is 30.4 Å². The molecule has 0 saturated heterocycles. The summed E-state index contributed by atoms with van der Waals surface area (Å²) in [6, 6.07) is 9.42. The molecule has 3 nitrogen and oxygen atoms in total. The molecule has 0 heterocycles. The normalized spacial score (nSPS) is 12.2. The number of benzene rings is 1. The van der Waals surface area contributed by atoms with Crippen LogP contribution in [0.5, 0.6) is 0 Å². The summed E-state index contributed by atoms with van der Waals surface area (Å²) in [6.45, 7) is 2.65. The quantitative estimate of drug-likeness (QED) is 0.811. The highest BCUT2D eigenvalue weighted by atomic mass is 16.2. The second kappa shape index (κ2) is 5.51. The second-order valence-electron chi connectivity index (χ2n) is 3.86. The molecule has 0 fully saturated rings. The Balaban J connectivity index is 2.54. The van der Waals surface area contributed by atoms with Crippen molar-refractivity contribution in [3.8, 4) is 0 Å². The number of rotatable bonds is 4. The van der Waals surface area contributed by atoms with Crippen molar-refractivity contribution in [3.63, 3.8) is 0 Å². The van der Waals surface area contributed by atoms with Gasteiger partial charge in [-0.15, -0.1) is 0 Å². The summed E-state index contributed by atoms with van der Waals surface area (Å²) in [5, 5.41) is 0. The van der Waals surface area contributed by atoms with Gasteiger partial charge in [-0.3, -0.25) is 4.79 Å². The van der Waals surface area contributed by atoms with Gasteiger partial charge in [0.25, 0.3) is 5.91 Å². The number of carbonyl (C=O) groups excluding carboxylic acids is 1. The Labute approximate surface area is 90.9 Å². The van der Waals surface area contributed by atoms with Gasteiger partial charge >= 0.3 is 0 Å². The number of nitrogens with zero attached hydrogens (tertiary/aromatic N) is 1. The van der Waals surface area contributed by atoms with Crippen LogP contribution in [0.3, 0.4) is 0 Å². The third-order valence-corrected chi connectivity index (χ3v) is 2.29. The van der Waals surface area contributed by atoms with E-state index in [4.69, 9.17) is 5.73 Å². The second-order valence-corrected chi connectivity index (χ2v) is 3.86. The summed E-state index contributed by atoms with van der Waals surface area (Å²) in [6.07, 6.45) is 0.828. The maximum absolute atomic E-state index is 11.8. The number of hydrogen-bond donors (Lipinski definition) is 1. The Kier molecular flexibility index (Phi) is 4.31. The molecule has 1 amide bonds. The molecular weight excluding hydrogens is 188 g/mol. The van der Waals surface area contributed by atoms with Gasteiger partial charge < -0.3 is 10.6 Å². The van der Waals surface area contributed by atoms with E-state index in [-0.39, 0.29) is 11.9 Å². The fraction of sp³-hybridized carbons (Fsp3) is 0.417. The van der Waals surface area contributed by atoms with Crippen molar-refractivity contribution >= 4 is 5.91 Å². The Bertz CT molecular complexity index is 309. The Morgan fingerprint density at radius 3 is 2.53 bits per heavy atom. The van der Waals surface area contributed by atoms with Crippen molar-refractivity contribution in [2.45, 2.75) is 19.4 Å². The van der Waals surface area contributed by atoms with E-state index in [1.807, 2.05) is 37.3 Å². The lowest BCUT2D eigenvalue weighted by molar-refractivity contribution is 0.0792. The number of carbonyl (C=O) groups is 1. The van der Waals surface area contributed by atoms with Crippen LogP contribution in [0, 0.1) is 0 Å². The van der Waals surface area contributed by atoms with Gasteiger partial charge in [-0.05, 0) is 25.5 Å². The highest BCUT2D eigenvalue weighted by Gasteiger charge is 2.10. The first kappa shape index (κ1) is 11.7. The smallest absolute Gasteiger partial charge is 0.253 e. The zero-order chi connectivity index (χ0) is 11.3. The highest BCUT2D eigenvalue weighted by molar-refractivity contribution is 5.93. The predicted molar refractivity (Wildman–Crippen MR) is 61.7 cm³/mol. The van der Waals surface area contributed by atoms with E-state index in [0.717, 1.165) is 12.0 Å². The van der Waals surface area contributed by atoms with Crippen LogP contribution in [0.4, 0.5) is 0 Å². The molecule has 1 unspecified atom stereocenters. The Morgan fingerprint density at radius 1 is 1.40 bits per heavy atom.